The Labute approximate surface area is 108 Å². The van der Waals surface area contributed by atoms with E-state index in [0.29, 0.717) is 12.0 Å². The molecule has 1 unspecified atom stereocenters. The van der Waals surface area contributed by atoms with Crippen LogP contribution in [0, 0.1) is 23.7 Å². The van der Waals surface area contributed by atoms with E-state index in [2.05, 4.69) is 10.6 Å². The number of hydrogen-bond acceptors (Lipinski definition) is 3. The molecule has 0 saturated heterocycles. The molecule has 0 saturated carbocycles. The van der Waals surface area contributed by atoms with Crippen LogP contribution < -0.4 is 4.72 Å². The molecule has 0 radical (unpaired) electrons. The number of benzene rings is 1. The Morgan fingerprint density at radius 3 is 2.44 bits per heavy atom. The molecular formula is C13H14N2O2S. The molecule has 0 fully saturated rings. The number of rotatable bonds is 5. The van der Waals surface area contributed by atoms with Gasteiger partial charge in [0.1, 0.15) is 0 Å². The molecule has 5 heteroatoms. The summed E-state index contributed by atoms with van der Waals surface area (Å²) in [5, 5.41) is 8.64. The summed E-state index contributed by atoms with van der Waals surface area (Å²) in [5.74, 6) is 2.41. The zero-order valence-corrected chi connectivity index (χ0v) is 10.9. The number of nitrogens with zero attached hydrogens (tertiary/aromatic N) is 1. The zero-order chi connectivity index (χ0) is 13.6. The summed E-state index contributed by atoms with van der Waals surface area (Å²) in [6.45, 7) is 1.93. The average Bonchev–Trinajstić information content (AvgIpc) is 2.38. The van der Waals surface area contributed by atoms with Crippen molar-refractivity contribution in [2.24, 2.45) is 0 Å². The fourth-order valence-corrected chi connectivity index (χ4v) is 2.62. The third-order valence-corrected chi connectivity index (χ3v) is 3.86. The van der Waals surface area contributed by atoms with Gasteiger partial charge in [0.2, 0.25) is 10.0 Å². The smallest absolute Gasteiger partial charge is 0.207 e. The highest BCUT2D eigenvalue weighted by atomic mass is 32.2. The Morgan fingerprint density at radius 2 is 2.00 bits per heavy atom. The predicted octanol–water partition coefficient (Wildman–Crippen LogP) is 1.64. The highest BCUT2D eigenvalue weighted by Gasteiger charge is 2.17. The molecule has 1 aromatic rings. The Bertz CT molecular complexity index is 577. The van der Waals surface area contributed by atoms with Crippen LogP contribution >= 0.6 is 0 Å². The summed E-state index contributed by atoms with van der Waals surface area (Å²) in [7, 11) is -3.62. The summed E-state index contributed by atoms with van der Waals surface area (Å²) in [4.78, 5) is 0.109. The van der Waals surface area contributed by atoms with Crippen LogP contribution in [0.4, 0.5) is 0 Å². The minimum absolute atomic E-state index is 0.109. The summed E-state index contributed by atoms with van der Waals surface area (Å²) in [6, 6.07) is 7.12. The first-order valence-corrected chi connectivity index (χ1v) is 7.00. The van der Waals surface area contributed by atoms with Crippen molar-refractivity contribution < 1.29 is 8.42 Å². The molecular weight excluding hydrogens is 248 g/mol. The van der Waals surface area contributed by atoms with Crippen molar-refractivity contribution >= 4 is 10.0 Å². The molecule has 0 aliphatic carbocycles. The van der Waals surface area contributed by atoms with Gasteiger partial charge in [0.25, 0.3) is 0 Å². The quantitative estimate of drug-likeness (QED) is 0.820. The molecule has 0 spiro atoms. The Kier molecular flexibility index (Phi) is 4.91. The predicted molar refractivity (Wildman–Crippen MR) is 69.0 cm³/mol. The van der Waals surface area contributed by atoms with Crippen molar-refractivity contribution in [3.05, 3.63) is 29.8 Å². The molecule has 0 heterocycles. The van der Waals surface area contributed by atoms with Crippen molar-refractivity contribution in [1.29, 1.82) is 5.26 Å². The van der Waals surface area contributed by atoms with E-state index in [1.807, 2.05) is 13.0 Å². The first-order chi connectivity index (χ1) is 8.53. The van der Waals surface area contributed by atoms with Crippen LogP contribution in [0.3, 0.4) is 0 Å². The van der Waals surface area contributed by atoms with Gasteiger partial charge in [0, 0.05) is 0 Å². The summed E-state index contributed by atoms with van der Waals surface area (Å²) in [5.41, 5.74) is 0.413. The van der Waals surface area contributed by atoms with Gasteiger partial charge < -0.3 is 0 Å². The van der Waals surface area contributed by atoms with Gasteiger partial charge in [-0.2, -0.15) is 9.98 Å². The van der Waals surface area contributed by atoms with Crippen molar-refractivity contribution in [2.45, 2.75) is 30.7 Å². The average molecular weight is 262 g/mol. The van der Waals surface area contributed by atoms with Gasteiger partial charge in [-0.15, -0.1) is 6.42 Å². The highest BCUT2D eigenvalue weighted by molar-refractivity contribution is 7.89. The normalized spacial score (nSPS) is 12.4. The minimum Gasteiger partial charge on any atom is -0.207 e. The monoisotopic (exact) mass is 262 g/mol. The van der Waals surface area contributed by atoms with E-state index in [1.165, 1.54) is 24.3 Å². The Balaban J connectivity index is 2.93. The lowest BCUT2D eigenvalue weighted by molar-refractivity contribution is 0.564. The Morgan fingerprint density at radius 1 is 1.39 bits per heavy atom. The zero-order valence-electron chi connectivity index (χ0n) is 10.1. The molecule has 0 aliphatic heterocycles. The second kappa shape index (κ2) is 6.20. The lowest BCUT2D eigenvalue weighted by atomic mass is 10.2. The SMILES string of the molecule is C#CC(CCC)NS(=O)(=O)c1ccc(C#N)cc1. The molecule has 4 nitrogen and oxygen atoms in total. The van der Waals surface area contributed by atoms with E-state index in [1.54, 1.807) is 0 Å². The number of hydrogen-bond donors (Lipinski definition) is 1. The summed E-state index contributed by atoms with van der Waals surface area (Å²) in [6.07, 6.45) is 6.66. The standard InChI is InChI=1S/C13H14N2O2S/c1-3-5-12(4-2)15-18(16,17)13-8-6-11(10-14)7-9-13/h2,6-9,12,15H,3,5H2,1H3. The molecule has 0 amide bonds. The first-order valence-electron chi connectivity index (χ1n) is 5.52. The number of terminal acetylenes is 1. The maximum atomic E-state index is 12.0. The van der Waals surface area contributed by atoms with Crippen LogP contribution in [-0.4, -0.2) is 14.5 Å². The van der Waals surface area contributed by atoms with E-state index in [4.69, 9.17) is 11.7 Å². The number of nitriles is 1. The summed E-state index contributed by atoms with van der Waals surface area (Å²) >= 11 is 0. The van der Waals surface area contributed by atoms with Crippen LogP contribution in [0.15, 0.2) is 29.2 Å². The maximum absolute atomic E-state index is 12.0. The van der Waals surface area contributed by atoms with Crippen LogP contribution in [0.1, 0.15) is 25.3 Å². The number of sulfonamides is 1. The van der Waals surface area contributed by atoms with Crippen LogP contribution in [0.2, 0.25) is 0 Å². The molecule has 0 bridgehead atoms. The van der Waals surface area contributed by atoms with E-state index in [0.717, 1.165) is 6.42 Å². The van der Waals surface area contributed by atoms with Gasteiger partial charge in [0.15, 0.2) is 0 Å². The van der Waals surface area contributed by atoms with Crippen molar-refractivity contribution in [2.75, 3.05) is 0 Å². The molecule has 0 aromatic heterocycles. The van der Waals surface area contributed by atoms with Gasteiger partial charge >= 0.3 is 0 Å². The molecule has 94 valence electrons. The number of nitrogens with one attached hydrogen (secondary N) is 1. The molecule has 1 atom stereocenters. The highest BCUT2D eigenvalue weighted by Crippen LogP contribution is 2.11. The van der Waals surface area contributed by atoms with Crippen molar-refractivity contribution in [3.63, 3.8) is 0 Å². The van der Waals surface area contributed by atoms with Crippen LogP contribution in [-0.2, 0) is 10.0 Å². The third kappa shape index (κ3) is 3.59. The summed E-state index contributed by atoms with van der Waals surface area (Å²) < 4.78 is 26.4. The van der Waals surface area contributed by atoms with Gasteiger partial charge in [0.05, 0.1) is 22.6 Å². The Hall–Kier alpha value is -1.82. The maximum Gasteiger partial charge on any atom is 0.241 e. The van der Waals surface area contributed by atoms with E-state index in [9.17, 15) is 8.42 Å². The third-order valence-electron chi connectivity index (χ3n) is 2.37. The van der Waals surface area contributed by atoms with Gasteiger partial charge in [-0.3, -0.25) is 0 Å². The van der Waals surface area contributed by atoms with Crippen LogP contribution in [0.5, 0.6) is 0 Å². The molecule has 1 rings (SSSR count). The fourth-order valence-electron chi connectivity index (χ4n) is 1.43. The molecule has 18 heavy (non-hydrogen) atoms. The molecule has 0 aliphatic rings. The van der Waals surface area contributed by atoms with Crippen molar-refractivity contribution in [1.82, 2.24) is 4.72 Å². The van der Waals surface area contributed by atoms with E-state index in [-0.39, 0.29) is 4.90 Å². The first kappa shape index (κ1) is 14.2. The topological polar surface area (TPSA) is 70.0 Å². The van der Waals surface area contributed by atoms with Gasteiger partial charge in [-0.25, -0.2) is 8.42 Å². The van der Waals surface area contributed by atoms with Gasteiger partial charge in [-0.05, 0) is 30.7 Å². The van der Waals surface area contributed by atoms with Crippen molar-refractivity contribution in [3.8, 4) is 18.4 Å². The van der Waals surface area contributed by atoms with Crippen LogP contribution in [0.25, 0.3) is 0 Å². The largest absolute Gasteiger partial charge is 0.241 e. The fraction of sp³-hybridized carbons (Fsp3) is 0.308. The second-order valence-corrected chi connectivity index (χ2v) is 5.48. The van der Waals surface area contributed by atoms with Gasteiger partial charge in [-0.1, -0.05) is 19.3 Å². The van der Waals surface area contributed by atoms with E-state index < -0.39 is 16.1 Å². The van der Waals surface area contributed by atoms with E-state index >= 15 is 0 Å². The lowest BCUT2D eigenvalue weighted by Crippen LogP contribution is -2.33. The second-order valence-electron chi connectivity index (χ2n) is 3.77. The molecule has 1 N–H and O–H groups in total. The molecule has 1 aromatic carbocycles. The minimum atomic E-state index is -3.62. The lowest BCUT2D eigenvalue weighted by Gasteiger charge is -2.12.